The summed E-state index contributed by atoms with van der Waals surface area (Å²) < 4.78 is 5.40. The van der Waals surface area contributed by atoms with Gasteiger partial charge in [0.25, 0.3) is 5.91 Å². The van der Waals surface area contributed by atoms with Gasteiger partial charge in [0.2, 0.25) is 0 Å². The van der Waals surface area contributed by atoms with Crippen LogP contribution in [0.2, 0.25) is 5.02 Å². The van der Waals surface area contributed by atoms with Crippen molar-refractivity contribution >= 4 is 23.3 Å². The molecule has 2 rings (SSSR count). The van der Waals surface area contributed by atoms with Crippen LogP contribution >= 0.6 is 11.6 Å². The van der Waals surface area contributed by atoms with Crippen molar-refractivity contribution in [3.05, 3.63) is 53.2 Å². The van der Waals surface area contributed by atoms with E-state index in [-0.39, 0.29) is 12.5 Å². The van der Waals surface area contributed by atoms with Crippen LogP contribution in [-0.2, 0) is 11.2 Å². The van der Waals surface area contributed by atoms with Crippen molar-refractivity contribution < 1.29 is 9.53 Å². The molecule has 1 heterocycles. The summed E-state index contributed by atoms with van der Waals surface area (Å²) in [7, 11) is 0. The van der Waals surface area contributed by atoms with Crippen molar-refractivity contribution in [1.82, 2.24) is 4.98 Å². The van der Waals surface area contributed by atoms with E-state index in [9.17, 15) is 4.79 Å². The van der Waals surface area contributed by atoms with E-state index >= 15 is 0 Å². The fraction of sp³-hybridized carbons (Fsp3) is 0.200. The lowest BCUT2D eigenvalue weighted by atomic mass is 10.2. The minimum Gasteiger partial charge on any atom is -0.484 e. The second kappa shape index (κ2) is 6.91. The minimum atomic E-state index is -0.264. The topological polar surface area (TPSA) is 51.2 Å². The molecule has 0 bridgehead atoms. The average Bonchev–Trinajstić information content (AvgIpc) is 2.48. The molecule has 0 radical (unpaired) electrons. The number of carbonyl (C=O) groups is 1. The molecule has 104 valence electrons. The molecule has 0 saturated carbocycles. The molecule has 4 nitrogen and oxygen atoms in total. The second-order valence-electron chi connectivity index (χ2n) is 4.20. The van der Waals surface area contributed by atoms with Gasteiger partial charge < -0.3 is 10.1 Å². The minimum absolute atomic E-state index is 0.0597. The van der Waals surface area contributed by atoms with Gasteiger partial charge in [0.1, 0.15) is 11.6 Å². The van der Waals surface area contributed by atoms with Crippen LogP contribution in [-0.4, -0.2) is 17.5 Å². The van der Waals surface area contributed by atoms with Gasteiger partial charge in [-0.05, 0) is 36.2 Å². The molecule has 0 unspecified atom stereocenters. The summed E-state index contributed by atoms with van der Waals surface area (Å²) in [5.74, 6) is 0.852. The number of halogens is 1. The highest BCUT2D eigenvalue weighted by Crippen LogP contribution is 2.13. The molecule has 20 heavy (non-hydrogen) atoms. The fourth-order valence-corrected chi connectivity index (χ4v) is 1.71. The molecule has 0 spiro atoms. The Morgan fingerprint density at radius 3 is 2.60 bits per heavy atom. The van der Waals surface area contributed by atoms with Crippen molar-refractivity contribution in [3.63, 3.8) is 0 Å². The van der Waals surface area contributed by atoms with E-state index in [1.807, 2.05) is 24.3 Å². The lowest BCUT2D eigenvalue weighted by Crippen LogP contribution is -2.20. The number of nitrogens with one attached hydrogen (secondary N) is 1. The summed E-state index contributed by atoms with van der Waals surface area (Å²) >= 11 is 5.71. The second-order valence-corrected chi connectivity index (χ2v) is 4.63. The van der Waals surface area contributed by atoms with Gasteiger partial charge in [-0.2, -0.15) is 0 Å². The van der Waals surface area contributed by atoms with Crippen molar-refractivity contribution in [1.29, 1.82) is 0 Å². The van der Waals surface area contributed by atoms with Gasteiger partial charge in [-0.1, -0.05) is 30.7 Å². The number of aryl methyl sites for hydroxylation is 1. The van der Waals surface area contributed by atoms with Crippen LogP contribution in [0.25, 0.3) is 0 Å². The average molecular weight is 291 g/mol. The van der Waals surface area contributed by atoms with Crippen LogP contribution in [0.3, 0.4) is 0 Å². The third kappa shape index (κ3) is 4.24. The molecule has 5 heteroatoms. The van der Waals surface area contributed by atoms with E-state index in [4.69, 9.17) is 16.3 Å². The molecule has 0 aliphatic heterocycles. The summed E-state index contributed by atoms with van der Waals surface area (Å²) in [4.78, 5) is 15.7. The molecule has 2 aromatic rings. The molecule has 1 N–H and O–H groups in total. The highest BCUT2D eigenvalue weighted by molar-refractivity contribution is 6.30. The number of carbonyl (C=O) groups excluding carboxylic acids is 1. The predicted octanol–water partition coefficient (Wildman–Crippen LogP) is 3.31. The van der Waals surface area contributed by atoms with E-state index in [0.717, 1.165) is 6.42 Å². The Labute approximate surface area is 122 Å². The number of hydrogen-bond acceptors (Lipinski definition) is 3. The number of aromatic nitrogens is 1. The van der Waals surface area contributed by atoms with E-state index in [1.165, 1.54) is 11.8 Å². The van der Waals surface area contributed by atoms with Crippen molar-refractivity contribution in [2.24, 2.45) is 0 Å². The molecule has 0 aliphatic rings. The van der Waals surface area contributed by atoms with Crippen LogP contribution in [0.1, 0.15) is 12.5 Å². The number of pyridine rings is 1. The van der Waals surface area contributed by atoms with Gasteiger partial charge in [-0.15, -0.1) is 0 Å². The number of benzene rings is 1. The van der Waals surface area contributed by atoms with Crippen LogP contribution in [0, 0.1) is 0 Å². The number of nitrogens with zero attached hydrogens (tertiary/aromatic N) is 1. The number of hydrogen-bond donors (Lipinski definition) is 1. The number of ether oxygens (including phenoxy) is 1. The van der Waals surface area contributed by atoms with Gasteiger partial charge in [0, 0.05) is 6.20 Å². The summed E-state index contributed by atoms with van der Waals surface area (Å²) in [6.45, 7) is 2.03. The molecule has 0 atom stereocenters. The first kappa shape index (κ1) is 14.3. The Balaban J connectivity index is 1.83. The van der Waals surface area contributed by atoms with Gasteiger partial charge in [0.05, 0.1) is 5.02 Å². The normalized spacial score (nSPS) is 10.1. The highest BCUT2D eigenvalue weighted by atomic mass is 35.5. The highest BCUT2D eigenvalue weighted by Gasteiger charge is 2.04. The summed E-state index contributed by atoms with van der Waals surface area (Å²) in [6.07, 6.45) is 2.45. The smallest absolute Gasteiger partial charge is 0.263 e. The summed E-state index contributed by atoms with van der Waals surface area (Å²) in [6, 6.07) is 11.0. The predicted molar refractivity (Wildman–Crippen MR) is 79.2 cm³/mol. The van der Waals surface area contributed by atoms with Crippen molar-refractivity contribution in [2.45, 2.75) is 13.3 Å². The molecular weight excluding hydrogens is 276 g/mol. The standard InChI is InChI=1S/C15H15ClN2O2/c1-2-11-3-6-13(7-4-11)20-10-15(19)18-14-8-5-12(16)9-17-14/h3-9H,2,10H2,1H3,(H,17,18,19). The zero-order valence-electron chi connectivity index (χ0n) is 11.1. The first-order valence-corrected chi connectivity index (χ1v) is 6.68. The first-order valence-electron chi connectivity index (χ1n) is 6.30. The molecule has 1 aromatic carbocycles. The zero-order chi connectivity index (χ0) is 14.4. The SMILES string of the molecule is CCc1ccc(OCC(=O)Nc2ccc(Cl)cn2)cc1. The van der Waals surface area contributed by atoms with E-state index < -0.39 is 0 Å². The van der Waals surface area contributed by atoms with Crippen LogP contribution < -0.4 is 10.1 Å². The van der Waals surface area contributed by atoms with Gasteiger partial charge in [-0.3, -0.25) is 4.79 Å². The third-order valence-electron chi connectivity index (χ3n) is 2.70. The number of amides is 1. The summed E-state index contributed by atoms with van der Waals surface area (Å²) in [5.41, 5.74) is 1.23. The molecular formula is C15H15ClN2O2. The Bertz CT molecular complexity index is 567. The Morgan fingerprint density at radius 2 is 2.00 bits per heavy atom. The maximum Gasteiger partial charge on any atom is 0.263 e. The molecule has 1 amide bonds. The van der Waals surface area contributed by atoms with E-state index in [1.54, 1.807) is 12.1 Å². The monoisotopic (exact) mass is 290 g/mol. The first-order chi connectivity index (χ1) is 9.67. The zero-order valence-corrected chi connectivity index (χ0v) is 11.9. The van der Waals surface area contributed by atoms with Crippen LogP contribution in [0.15, 0.2) is 42.6 Å². The lowest BCUT2D eigenvalue weighted by Gasteiger charge is -2.07. The third-order valence-corrected chi connectivity index (χ3v) is 2.92. The molecule has 0 aliphatic carbocycles. The maximum atomic E-state index is 11.7. The van der Waals surface area contributed by atoms with Crippen LogP contribution in [0.4, 0.5) is 5.82 Å². The van der Waals surface area contributed by atoms with E-state index in [0.29, 0.717) is 16.6 Å². The Hall–Kier alpha value is -2.07. The van der Waals surface area contributed by atoms with Crippen molar-refractivity contribution in [2.75, 3.05) is 11.9 Å². The molecule has 0 fully saturated rings. The quantitative estimate of drug-likeness (QED) is 0.919. The summed E-state index contributed by atoms with van der Waals surface area (Å²) in [5, 5.41) is 3.15. The Morgan fingerprint density at radius 1 is 1.25 bits per heavy atom. The van der Waals surface area contributed by atoms with Gasteiger partial charge in [-0.25, -0.2) is 4.98 Å². The van der Waals surface area contributed by atoms with Crippen LogP contribution in [0.5, 0.6) is 5.75 Å². The fourth-order valence-electron chi connectivity index (χ4n) is 1.60. The van der Waals surface area contributed by atoms with Gasteiger partial charge in [0.15, 0.2) is 6.61 Å². The number of anilines is 1. The lowest BCUT2D eigenvalue weighted by molar-refractivity contribution is -0.118. The number of rotatable bonds is 5. The van der Waals surface area contributed by atoms with E-state index in [2.05, 4.69) is 17.2 Å². The molecule has 1 aromatic heterocycles. The van der Waals surface area contributed by atoms with Gasteiger partial charge >= 0.3 is 0 Å². The van der Waals surface area contributed by atoms with Crippen molar-refractivity contribution in [3.8, 4) is 5.75 Å². The maximum absolute atomic E-state index is 11.7. The molecule has 0 saturated heterocycles. The largest absolute Gasteiger partial charge is 0.484 e. The Kier molecular flexibility index (Phi) is 4.96.